The maximum atomic E-state index is 12.1. The Morgan fingerprint density at radius 2 is 1.83 bits per heavy atom. The molecule has 0 bridgehead atoms. The molecule has 23 heavy (non-hydrogen) atoms. The van der Waals surface area contributed by atoms with Crippen LogP contribution in [0.25, 0.3) is 0 Å². The summed E-state index contributed by atoms with van der Waals surface area (Å²) in [5.74, 6) is 1.07. The van der Waals surface area contributed by atoms with Gasteiger partial charge in [0, 0.05) is 0 Å². The lowest BCUT2D eigenvalue weighted by Gasteiger charge is -2.23. The highest BCUT2D eigenvalue weighted by atomic mass is 16.5. The number of benzene rings is 1. The Kier molecular flexibility index (Phi) is 6.90. The normalized spacial score (nSPS) is 17.0. The topological polar surface area (TPSA) is 61.5 Å². The summed E-state index contributed by atoms with van der Waals surface area (Å²) in [5.41, 5.74) is 7.02. The average molecular weight is 319 g/mol. The summed E-state index contributed by atoms with van der Waals surface area (Å²) in [6, 6.07) is 7.18. The molecule has 0 aliphatic heterocycles. The second kappa shape index (κ2) is 8.92. The lowest BCUT2D eigenvalue weighted by Crippen LogP contribution is -2.37. The number of rotatable bonds is 7. The molecule has 128 valence electrons. The van der Waals surface area contributed by atoms with Gasteiger partial charge >= 0.3 is 5.97 Å². The van der Waals surface area contributed by atoms with Gasteiger partial charge in [0.1, 0.15) is 17.9 Å². The molecular formula is C19H29NO3. The lowest BCUT2D eigenvalue weighted by atomic mass is 9.97. The minimum Gasteiger partial charge on any atom is -0.493 e. The number of carbonyl (C=O) groups is 1. The number of carbonyl (C=O) groups excluding carboxylic acids is 1. The van der Waals surface area contributed by atoms with Gasteiger partial charge in [-0.15, -0.1) is 0 Å². The summed E-state index contributed by atoms with van der Waals surface area (Å²) in [6.07, 6.45) is 6.03. The van der Waals surface area contributed by atoms with E-state index in [1.165, 1.54) is 6.42 Å². The van der Waals surface area contributed by atoms with Gasteiger partial charge in [0.25, 0.3) is 0 Å². The van der Waals surface area contributed by atoms with E-state index in [-0.39, 0.29) is 12.1 Å². The van der Waals surface area contributed by atoms with E-state index in [2.05, 4.69) is 13.8 Å². The third-order valence-electron chi connectivity index (χ3n) is 4.10. The Hall–Kier alpha value is -1.55. The van der Waals surface area contributed by atoms with Gasteiger partial charge in [0.2, 0.25) is 0 Å². The van der Waals surface area contributed by atoms with E-state index in [1.54, 1.807) is 0 Å². The Labute approximate surface area is 139 Å². The number of esters is 1. The molecule has 0 saturated heterocycles. The van der Waals surface area contributed by atoms with E-state index in [4.69, 9.17) is 15.2 Å². The van der Waals surface area contributed by atoms with Crippen molar-refractivity contribution in [1.82, 2.24) is 0 Å². The number of ether oxygens (including phenoxy) is 2. The van der Waals surface area contributed by atoms with Crippen LogP contribution in [0, 0.1) is 5.92 Å². The fourth-order valence-electron chi connectivity index (χ4n) is 2.76. The molecule has 4 heteroatoms. The van der Waals surface area contributed by atoms with Gasteiger partial charge in [0.05, 0.1) is 6.61 Å². The van der Waals surface area contributed by atoms with Crippen LogP contribution in [0.3, 0.4) is 0 Å². The van der Waals surface area contributed by atoms with Crippen LogP contribution in [-0.2, 0) is 16.0 Å². The highest BCUT2D eigenvalue weighted by Crippen LogP contribution is 2.21. The standard InChI is InChI=1S/C19H29NO3/c1-14(2)13-22-16-10-8-15(9-11-16)12-18(20)19(21)23-17-6-4-3-5-7-17/h8-11,14,17-18H,3-7,12-13,20H2,1-2H3/t18-/m0/s1. The van der Waals surface area contributed by atoms with Gasteiger partial charge in [-0.05, 0) is 55.7 Å². The van der Waals surface area contributed by atoms with Crippen LogP contribution in [0.2, 0.25) is 0 Å². The summed E-state index contributed by atoms with van der Waals surface area (Å²) in [7, 11) is 0. The minimum atomic E-state index is -0.598. The molecule has 0 amide bonds. The zero-order chi connectivity index (χ0) is 16.7. The maximum absolute atomic E-state index is 12.1. The monoisotopic (exact) mass is 319 g/mol. The van der Waals surface area contributed by atoms with E-state index in [9.17, 15) is 4.79 Å². The van der Waals surface area contributed by atoms with Gasteiger partial charge in [0.15, 0.2) is 0 Å². The molecule has 1 fully saturated rings. The number of nitrogens with two attached hydrogens (primary N) is 1. The molecule has 0 heterocycles. The molecule has 1 aromatic rings. The third kappa shape index (κ3) is 6.22. The molecule has 1 atom stereocenters. The molecule has 1 aromatic carbocycles. The summed E-state index contributed by atoms with van der Waals surface area (Å²) in [6.45, 7) is 4.93. The predicted octanol–water partition coefficient (Wildman–Crippen LogP) is 3.47. The zero-order valence-electron chi connectivity index (χ0n) is 14.3. The fraction of sp³-hybridized carbons (Fsp3) is 0.632. The zero-order valence-corrected chi connectivity index (χ0v) is 14.3. The Morgan fingerprint density at radius 1 is 1.17 bits per heavy atom. The van der Waals surface area contributed by atoms with Crippen LogP contribution in [0.1, 0.15) is 51.5 Å². The van der Waals surface area contributed by atoms with Gasteiger partial charge < -0.3 is 15.2 Å². The van der Waals surface area contributed by atoms with Crippen molar-refractivity contribution in [2.24, 2.45) is 11.7 Å². The molecule has 1 saturated carbocycles. The van der Waals surface area contributed by atoms with Crippen molar-refractivity contribution in [3.05, 3.63) is 29.8 Å². The predicted molar refractivity (Wildman–Crippen MR) is 91.4 cm³/mol. The maximum Gasteiger partial charge on any atom is 0.323 e. The molecule has 1 aliphatic rings. The van der Waals surface area contributed by atoms with Crippen molar-refractivity contribution in [2.45, 2.75) is 64.5 Å². The first-order chi connectivity index (χ1) is 11.0. The smallest absolute Gasteiger partial charge is 0.323 e. The van der Waals surface area contributed by atoms with Crippen molar-refractivity contribution >= 4 is 5.97 Å². The quantitative estimate of drug-likeness (QED) is 0.782. The lowest BCUT2D eigenvalue weighted by molar-refractivity contribution is -0.152. The van der Waals surface area contributed by atoms with Gasteiger partial charge in [-0.1, -0.05) is 32.4 Å². The van der Waals surface area contributed by atoms with Gasteiger partial charge in [-0.3, -0.25) is 4.79 Å². The first-order valence-electron chi connectivity index (χ1n) is 8.72. The summed E-state index contributed by atoms with van der Waals surface area (Å²) < 4.78 is 11.2. The molecule has 0 spiro atoms. The second-order valence-corrected chi connectivity index (χ2v) is 6.86. The van der Waals surface area contributed by atoms with E-state index in [1.807, 2.05) is 24.3 Å². The first kappa shape index (κ1) is 17.8. The average Bonchev–Trinajstić information content (AvgIpc) is 2.55. The summed E-state index contributed by atoms with van der Waals surface area (Å²) in [4.78, 5) is 12.1. The van der Waals surface area contributed by atoms with E-state index >= 15 is 0 Å². The Balaban J connectivity index is 1.79. The third-order valence-corrected chi connectivity index (χ3v) is 4.10. The van der Waals surface area contributed by atoms with Crippen LogP contribution in [0.5, 0.6) is 5.75 Å². The molecule has 2 rings (SSSR count). The van der Waals surface area contributed by atoms with Crippen molar-refractivity contribution in [3.8, 4) is 5.75 Å². The highest BCUT2D eigenvalue weighted by molar-refractivity contribution is 5.76. The van der Waals surface area contributed by atoms with Crippen LogP contribution in [0.15, 0.2) is 24.3 Å². The molecule has 0 unspecified atom stereocenters. The SMILES string of the molecule is CC(C)COc1ccc(C[C@H](N)C(=O)OC2CCCCC2)cc1. The van der Waals surface area contributed by atoms with Crippen molar-refractivity contribution < 1.29 is 14.3 Å². The molecular weight excluding hydrogens is 290 g/mol. The second-order valence-electron chi connectivity index (χ2n) is 6.86. The van der Waals surface area contributed by atoms with Crippen LogP contribution < -0.4 is 10.5 Å². The number of hydrogen-bond donors (Lipinski definition) is 1. The molecule has 0 aromatic heterocycles. The van der Waals surface area contributed by atoms with Crippen LogP contribution >= 0.6 is 0 Å². The molecule has 0 radical (unpaired) electrons. The number of hydrogen-bond acceptors (Lipinski definition) is 4. The summed E-state index contributed by atoms with van der Waals surface area (Å²) in [5, 5.41) is 0. The van der Waals surface area contributed by atoms with Crippen LogP contribution in [0.4, 0.5) is 0 Å². The largest absolute Gasteiger partial charge is 0.493 e. The Bertz CT molecular complexity index is 478. The highest BCUT2D eigenvalue weighted by Gasteiger charge is 2.22. The van der Waals surface area contributed by atoms with E-state index in [0.29, 0.717) is 18.9 Å². The minimum absolute atomic E-state index is 0.0640. The van der Waals surface area contributed by atoms with Crippen molar-refractivity contribution in [1.29, 1.82) is 0 Å². The molecule has 1 aliphatic carbocycles. The first-order valence-corrected chi connectivity index (χ1v) is 8.72. The van der Waals surface area contributed by atoms with Gasteiger partial charge in [-0.25, -0.2) is 0 Å². The van der Waals surface area contributed by atoms with Crippen LogP contribution in [-0.4, -0.2) is 24.7 Å². The van der Waals surface area contributed by atoms with Gasteiger partial charge in [-0.2, -0.15) is 0 Å². The fourth-order valence-corrected chi connectivity index (χ4v) is 2.76. The Morgan fingerprint density at radius 3 is 2.43 bits per heavy atom. The van der Waals surface area contributed by atoms with Crippen molar-refractivity contribution in [3.63, 3.8) is 0 Å². The molecule has 4 nitrogen and oxygen atoms in total. The van der Waals surface area contributed by atoms with Crippen molar-refractivity contribution in [2.75, 3.05) is 6.61 Å². The molecule has 2 N–H and O–H groups in total. The summed E-state index contributed by atoms with van der Waals surface area (Å²) >= 11 is 0. The van der Waals surface area contributed by atoms with E-state index < -0.39 is 6.04 Å². The van der Waals surface area contributed by atoms with E-state index in [0.717, 1.165) is 37.0 Å².